The number of rotatable bonds is 6. The monoisotopic (exact) mass is 240 g/mol. The first-order chi connectivity index (χ1) is 7.65. The van der Waals surface area contributed by atoms with Crippen LogP contribution in [-0.4, -0.2) is 34.4 Å². The summed E-state index contributed by atoms with van der Waals surface area (Å²) in [7, 11) is 0. The van der Waals surface area contributed by atoms with E-state index in [4.69, 9.17) is 22.7 Å². The van der Waals surface area contributed by atoms with Gasteiger partial charge in [0.2, 0.25) is 0 Å². The van der Waals surface area contributed by atoms with Crippen molar-refractivity contribution in [1.82, 2.24) is 10.2 Å². The minimum absolute atomic E-state index is 0.103. The van der Waals surface area contributed by atoms with Crippen molar-refractivity contribution in [2.75, 3.05) is 18.5 Å². The molecule has 0 spiro atoms. The fraction of sp³-hybridized carbons (Fsp3) is 0.500. The standard InChI is InChI=1S/C10H16N4OS/c1-3-15-7(2)6-12-10-8(9(11)16)4-5-13-14-10/h4-5,7H,3,6H2,1-2H3,(H2,11,16)(H,12,14). The van der Waals surface area contributed by atoms with Crippen molar-refractivity contribution in [1.29, 1.82) is 0 Å². The molecule has 0 saturated carbocycles. The Kier molecular flexibility index (Phi) is 5.07. The Bertz CT molecular complexity index is 358. The van der Waals surface area contributed by atoms with Crippen molar-refractivity contribution in [3.8, 4) is 0 Å². The number of hydrogen-bond acceptors (Lipinski definition) is 5. The molecule has 0 bridgehead atoms. The van der Waals surface area contributed by atoms with E-state index >= 15 is 0 Å². The molecule has 88 valence electrons. The predicted octanol–water partition coefficient (Wildman–Crippen LogP) is 0.948. The lowest BCUT2D eigenvalue weighted by Gasteiger charge is -2.14. The van der Waals surface area contributed by atoms with Gasteiger partial charge >= 0.3 is 0 Å². The van der Waals surface area contributed by atoms with Crippen LogP contribution in [-0.2, 0) is 4.74 Å². The maximum absolute atomic E-state index is 5.57. The number of nitrogens with one attached hydrogen (secondary N) is 1. The predicted molar refractivity (Wildman–Crippen MR) is 67.5 cm³/mol. The Balaban J connectivity index is 2.63. The van der Waals surface area contributed by atoms with E-state index in [-0.39, 0.29) is 6.10 Å². The first-order valence-electron chi connectivity index (χ1n) is 5.12. The Labute approximate surface area is 100 Å². The van der Waals surface area contributed by atoms with E-state index in [1.54, 1.807) is 12.3 Å². The van der Waals surface area contributed by atoms with E-state index < -0.39 is 0 Å². The normalized spacial score (nSPS) is 12.1. The molecule has 0 amide bonds. The van der Waals surface area contributed by atoms with Gasteiger partial charge in [-0.3, -0.25) is 0 Å². The van der Waals surface area contributed by atoms with Gasteiger partial charge in [-0.2, -0.15) is 5.10 Å². The van der Waals surface area contributed by atoms with Gasteiger partial charge < -0.3 is 15.8 Å². The summed E-state index contributed by atoms with van der Waals surface area (Å²) in [6.07, 6.45) is 1.66. The quantitative estimate of drug-likeness (QED) is 0.721. The fourth-order valence-electron chi connectivity index (χ4n) is 1.24. The lowest BCUT2D eigenvalue weighted by molar-refractivity contribution is 0.0854. The number of anilines is 1. The van der Waals surface area contributed by atoms with Crippen LogP contribution in [0.5, 0.6) is 0 Å². The van der Waals surface area contributed by atoms with Crippen LogP contribution in [0.25, 0.3) is 0 Å². The van der Waals surface area contributed by atoms with Gasteiger partial charge in [-0.1, -0.05) is 12.2 Å². The number of ether oxygens (including phenoxy) is 1. The van der Waals surface area contributed by atoms with Crippen LogP contribution >= 0.6 is 12.2 Å². The van der Waals surface area contributed by atoms with E-state index in [1.165, 1.54) is 0 Å². The first kappa shape index (κ1) is 12.8. The minimum Gasteiger partial charge on any atom is -0.389 e. The Morgan fingerprint density at radius 1 is 1.69 bits per heavy atom. The third-order valence-corrected chi connectivity index (χ3v) is 2.21. The summed E-state index contributed by atoms with van der Waals surface area (Å²) in [5, 5.41) is 10.8. The molecule has 0 aromatic carbocycles. The highest BCUT2D eigenvalue weighted by atomic mass is 32.1. The summed E-state index contributed by atoms with van der Waals surface area (Å²) >= 11 is 4.92. The molecule has 0 aliphatic heterocycles. The maximum Gasteiger partial charge on any atom is 0.159 e. The second-order valence-electron chi connectivity index (χ2n) is 3.30. The van der Waals surface area contributed by atoms with Crippen LogP contribution in [0.15, 0.2) is 12.3 Å². The Morgan fingerprint density at radius 3 is 3.06 bits per heavy atom. The Hall–Kier alpha value is -1.27. The molecule has 1 rings (SSSR count). The van der Waals surface area contributed by atoms with Crippen LogP contribution in [0, 0.1) is 0 Å². The molecule has 3 N–H and O–H groups in total. The molecule has 0 aliphatic rings. The molecular formula is C10H16N4OS. The van der Waals surface area contributed by atoms with Crippen molar-refractivity contribution in [2.24, 2.45) is 5.73 Å². The molecule has 5 nitrogen and oxygen atoms in total. The molecular weight excluding hydrogens is 224 g/mol. The molecule has 16 heavy (non-hydrogen) atoms. The number of nitrogens with zero attached hydrogens (tertiary/aromatic N) is 2. The van der Waals surface area contributed by atoms with Crippen LogP contribution in [0.4, 0.5) is 5.82 Å². The third-order valence-electron chi connectivity index (χ3n) is 1.99. The summed E-state index contributed by atoms with van der Waals surface area (Å²) in [4.78, 5) is 0.307. The molecule has 1 unspecified atom stereocenters. The highest BCUT2D eigenvalue weighted by Gasteiger charge is 2.08. The van der Waals surface area contributed by atoms with Gasteiger partial charge in [0.1, 0.15) is 4.99 Å². The zero-order valence-corrected chi connectivity index (χ0v) is 10.3. The van der Waals surface area contributed by atoms with Crippen molar-refractivity contribution in [2.45, 2.75) is 20.0 Å². The molecule has 6 heteroatoms. The third kappa shape index (κ3) is 3.71. The van der Waals surface area contributed by atoms with Crippen LogP contribution in [0.1, 0.15) is 19.4 Å². The average molecular weight is 240 g/mol. The van der Waals surface area contributed by atoms with E-state index in [2.05, 4.69) is 15.5 Å². The van der Waals surface area contributed by atoms with Crippen LogP contribution in [0.2, 0.25) is 0 Å². The van der Waals surface area contributed by atoms with Gasteiger partial charge in [0.25, 0.3) is 0 Å². The van der Waals surface area contributed by atoms with Crippen molar-refractivity contribution in [3.63, 3.8) is 0 Å². The Morgan fingerprint density at radius 2 is 2.44 bits per heavy atom. The van der Waals surface area contributed by atoms with Gasteiger partial charge in [0.05, 0.1) is 17.9 Å². The molecule has 0 saturated heterocycles. The summed E-state index contributed by atoms with van der Waals surface area (Å²) in [6.45, 7) is 5.26. The zero-order valence-electron chi connectivity index (χ0n) is 9.43. The van der Waals surface area contributed by atoms with Crippen molar-refractivity contribution < 1.29 is 4.74 Å². The summed E-state index contributed by atoms with van der Waals surface area (Å²) in [5.41, 5.74) is 6.27. The van der Waals surface area contributed by atoms with E-state index in [0.717, 1.165) is 0 Å². The lowest BCUT2D eigenvalue weighted by atomic mass is 10.2. The molecule has 0 fully saturated rings. The molecule has 1 heterocycles. The number of thiocarbonyl (C=S) groups is 1. The number of aromatic nitrogens is 2. The molecule has 0 radical (unpaired) electrons. The van der Waals surface area contributed by atoms with Gasteiger partial charge in [-0.05, 0) is 19.9 Å². The molecule has 1 atom stereocenters. The van der Waals surface area contributed by atoms with Gasteiger partial charge in [0.15, 0.2) is 5.82 Å². The summed E-state index contributed by atoms with van der Waals surface area (Å²) < 4.78 is 5.39. The summed E-state index contributed by atoms with van der Waals surface area (Å²) in [5.74, 6) is 0.599. The fourth-order valence-corrected chi connectivity index (χ4v) is 1.41. The van der Waals surface area contributed by atoms with Crippen molar-refractivity contribution >= 4 is 23.0 Å². The lowest BCUT2D eigenvalue weighted by Crippen LogP contribution is -2.22. The highest BCUT2D eigenvalue weighted by Crippen LogP contribution is 2.09. The largest absolute Gasteiger partial charge is 0.389 e. The second kappa shape index (κ2) is 6.34. The second-order valence-corrected chi connectivity index (χ2v) is 3.74. The van der Waals surface area contributed by atoms with Gasteiger partial charge in [-0.15, -0.1) is 5.10 Å². The van der Waals surface area contributed by atoms with Gasteiger partial charge in [0, 0.05) is 13.2 Å². The molecule has 1 aromatic heterocycles. The number of hydrogen-bond donors (Lipinski definition) is 2. The average Bonchev–Trinajstić information content (AvgIpc) is 2.27. The van der Waals surface area contributed by atoms with E-state index in [0.29, 0.717) is 29.5 Å². The zero-order chi connectivity index (χ0) is 12.0. The van der Waals surface area contributed by atoms with E-state index in [9.17, 15) is 0 Å². The maximum atomic E-state index is 5.57. The first-order valence-corrected chi connectivity index (χ1v) is 5.53. The smallest absolute Gasteiger partial charge is 0.159 e. The molecule has 0 aliphatic carbocycles. The molecule has 1 aromatic rings. The van der Waals surface area contributed by atoms with Gasteiger partial charge in [-0.25, -0.2) is 0 Å². The topological polar surface area (TPSA) is 73.1 Å². The SMILES string of the molecule is CCOC(C)CNc1nnccc1C(N)=S. The highest BCUT2D eigenvalue weighted by molar-refractivity contribution is 7.80. The van der Waals surface area contributed by atoms with Crippen molar-refractivity contribution in [3.05, 3.63) is 17.8 Å². The van der Waals surface area contributed by atoms with Crippen LogP contribution < -0.4 is 11.1 Å². The summed E-state index contributed by atoms with van der Waals surface area (Å²) in [6, 6.07) is 1.74. The van der Waals surface area contributed by atoms with Crippen LogP contribution in [0.3, 0.4) is 0 Å². The van der Waals surface area contributed by atoms with E-state index in [1.807, 2.05) is 13.8 Å². The minimum atomic E-state index is 0.103. The number of nitrogens with two attached hydrogens (primary N) is 1.